The van der Waals surface area contributed by atoms with Gasteiger partial charge in [0.1, 0.15) is 0 Å². The van der Waals surface area contributed by atoms with Crippen LogP contribution in [0.5, 0.6) is 0 Å². The molecule has 0 aliphatic carbocycles. The molecule has 0 radical (unpaired) electrons. The van der Waals surface area contributed by atoms with Crippen LogP contribution in [-0.2, 0) is 11.2 Å². The molecule has 2 aromatic carbocycles. The van der Waals surface area contributed by atoms with E-state index >= 15 is 0 Å². The Morgan fingerprint density at radius 2 is 1.96 bits per heavy atom. The van der Waals surface area contributed by atoms with Crippen LogP contribution in [0.25, 0.3) is 11.3 Å². The molecule has 6 heteroatoms. The van der Waals surface area contributed by atoms with Crippen LogP contribution >= 0.6 is 23.1 Å². The van der Waals surface area contributed by atoms with Crippen molar-refractivity contribution in [2.45, 2.75) is 17.7 Å². The average Bonchev–Trinajstić information content (AvgIpc) is 3.17. The Morgan fingerprint density at radius 3 is 2.69 bits per heavy atom. The number of amides is 1. The maximum absolute atomic E-state index is 11.9. The lowest BCUT2D eigenvalue weighted by molar-refractivity contribution is -0.118. The molecule has 0 aliphatic heterocycles. The van der Waals surface area contributed by atoms with Crippen LogP contribution in [0.2, 0.25) is 0 Å². The molecule has 0 saturated heterocycles. The third kappa shape index (κ3) is 5.28. The lowest BCUT2D eigenvalue weighted by atomic mass is 10.1. The van der Waals surface area contributed by atoms with Gasteiger partial charge in [0.25, 0.3) is 5.91 Å². The van der Waals surface area contributed by atoms with Crippen molar-refractivity contribution in [3.8, 4) is 11.3 Å². The van der Waals surface area contributed by atoms with E-state index in [1.54, 1.807) is 17.6 Å². The normalized spacial score (nSPS) is 11.0. The van der Waals surface area contributed by atoms with E-state index in [1.807, 2.05) is 47.8 Å². The molecule has 0 unspecified atom stereocenters. The molecular formula is C20H19N3OS2. The second kappa shape index (κ2) is 9.31. The molecule has 3 aromatic rings. The molecule has 0 spiro atoms. The van der Waals surface area contributed by atoms with Gasteiger partial charge in [-0.3, -0.25) is 4.79 Å². The summed E-state index contributed by atoms with van der Waals surface area (Å²) in [6.07, 6.45) is 2.66. The zero-order valence-corrected chi connectivity index (χ0v) is 16.0. The number of hydrogen-bond acceptors (Lipinski definition) is 5. The second-order valence-corrected chi connectivity index (χ2v) is 7.62. The molecule has 0 fully saturated rings. The highest BCUT2D eigenvalue weighted by Gasteiger charge is 2.07. The van der Waals surface area contributed by atoms with Crippen molar-refractivity contribution >= 4 is 35.2 Å². The Bertz CT molecular complexity index is 874. The van der Waals surface area contributed by atoms with E-state index in [2.05, 4.69) is 34.6 Å². The number of carbonyl (C=O) groups excluding carboxylic acids is 1. The van der Waals surface area contributed by atoms with Crippen molar-refractivity contribution in [3.63, 3.8) is 0 Å². The molecule has 0 bridgehead atoms. The SMILES string of the molecule is CCc1ccc(/C=N/NC(=O)CSc2nc(-c3ccccc3)cs2)cc1. The van der Waals surface area contributed by atoms with E-state index in [4.69, 9.17) is 0 Å². The summed E-state index contributed by atoms with van der Waals surface area (Å²) in [6, 6.07) is 18.1. The summed E-state index contributed by atoms with van der Waals surface area (Å²) >= 11 is 2.96. The highest BCUT2D eigenvalue weighted by Crippen LogP contribution is 2.27. The van der Waals surface area contributed by atoms with Crippen molar-refractivity contribution in [2.75, 3.05) is 5.75 Å². The summed E-state index contributed by atoms with van der Waals surface area (Å²) in [6.45, 7) is 2.12. The van der Waals surface area contributed by atoms with Crippen LogP contribution in [-0.4, -0.2) is 22.9 Å². The monoisotopic (exact) mass is 381 g/mol. The van der Waals surface area contributed by atoms with Gasteiger partial charge in [0.05, 0.1) is 17.7 Å². The topological polar surface area (TPSA) is 54.4 Å². The van der Waals surface area contributed by atoms with Crippen molar-refractivity contribution in [1.29, 1.82) is 0 Å². The summed E-state index contributed by atoms with van der Waals surface area (Å²) in [5.41, 5.74) is 6.81. The molecular weight excluding hydrogens is 362 g/mol. The number of aryl methyl sites for hydroxylation is 1. The minimum atomic E-state index is -0.145. The Balaban J connectivity index is 1.46. The third-order valence-electron chi connectivity index (χ3n) is 3.67. The summed E-state index contributed by atoms with van der Waals surface area (Å²) < 4.78 is 0.873. The minimum absolute atomic E-state index is 0.145. The van der Waals surface area contributed by atoms with Gasteiger partial charge in [0.15, 0.2) is 4.34 Å². The maximum atomic E-state index is 11.9. The molecule has 1 amide bonds. The first-order chi connectivity index (χ1) is 12.7. The number of hydrazone groups is 1. The Kier molecular flexibility index (Phi) is 6.57. The van der Waals surface area contributed by atoms with E-state index in [9.17, 15) is 4.79 Å². The van der Waals surface area contributed by atoms with Gasteiger partial charge in [-0.1, -0.05) is 73.3 Å². The van der Waals surface area contributed by atoms with E-state index < -0.39 is 0 Å². The molecule has 3 rings (SSSR count). The van der Waals surface area contributed by atoms with Gasteiger partial charge >= 0.3 is 0 Å². The fourth-order valence-corrected chi connectivity index (χ4v) is 3.87. The van der Waals surface area contributed by atoms with E-state index in [-0.39, 0.29) is 11.7 Å². The van der Waals surface area contributed by atoms with Crippen LogP contribution in [0.4, 0.5) is 0 Å². The Morgan fingerprint density at radius 1 is 1.19 bits per heavy atom. The van der Waals surface area contributed by atoms with E-state index in [0.29, 0.717) is 0 Å². The van der Waals surface area contributed by atoms with Crippen LogP contribution in [0.3, 0.4) is 0 Å². The molecule has 0 saturated carbocycles. The number of nitrogens with zero attached hydrogens (tertiary/aromatic N) is 2. The van der Waals surface area contributed by atoms with Gasteiger partial charge in [-0.25, -0.2) is 10.4 Å². The molecule has 26 heavy (non-hydrogen) atoms. The highest BCUT2D eigenvalue weighted by atomic mass is 32.2. The zero-order valence-electron chi connectivity index (χ0n) is 14.4. The summed E-state index contributed by atoms with van der Waals surface area (Å²) in [7, 11) is 0. The molecule has 1 heterocycles. The van der Waals surface area contributed by atoms with Crippen molar-refractivity contribution < 1.29 is 4.79 Å². The van der Waals surface area contributed by atoms with Crippen LogP contribution in [0, 0.1) is 0 Å². The smallest absolute Gasteiger partial charge is 0.250 e. The number of hydrogen-bond donors (Lipinski definition) is 1. The number of benzene rings is 2. The van der Waals surface area contributed by atoms with Gasteiger partial charge in [0.2, 0.25) is 0 Å². The largest absolute Gasteiger partial charge is 0.272 e. The van der Waals surface area contributed by atoms with Crippen molar-refractivity contribution in [1.82, 2.24) is 10.4 Å². The van der Waals surface area contributed by atoms with Crippen LogP contribution < -0.4 is 5.43 Å². The summed E-state index contributed by atoms with van der Waals surface area (Å²) in [4.78, 5) is 16.5. The first-order valence-corrected chi connectivity index (χ1v) is 10.2. The first-order valence-electron chi connectivity index (χ1n) is 8.29. The second-order valence-electron chi connectivity index (χ2n) is 5.54. The summed E-state index contributed by atoms with van der Waals surface area (Å²) in [5.74, 6) is 0.140. The Labute approximate surface area is 161 Å². The van der Waals surface area contributed by atoms with Gasteiger partial charge in [-0.2, -0.15) is 5.10 Å². The number of thioether (sulfide) groups is 1. The van der Waals surface area contributed by atoms with E-state index in [0.717, 1.165) is 27.6 Å². The number of rotatable bonds is 7. The molecule has 1 N–H and O–H groups in total. The number of thiazole rings is 1. The summed E-state index contributed by atoms with van der Waals surface area (Å²) in [5, 5.41) is 6.01. The number of aromatic nitrogens is 1. The molecule has 1 aromatic heterocycles. The predicted molar refractivity (Wildman–Crippen MR) is 110 cm³/mol. The fraction of sp³-hybridized carbons (Fsp3) is 0.150. The van der Waals surface area contributed by atoms with Crippen LogP contribution in [0.15, 0.2) is 69.4 Å². The predicted octanol–water partition coefficient (Wildman–Crippen LogP) is 4.61. The van der Waals surface area contributed by atoms with Gasteiger partial charge < -0.3 is 0 Å². The van der Waals surface area contributed by atoms with Gasteiger partial charge in [0, 0.05) is 10.9 Å². The zero-order chi connectivity index (χ0) is 18.2. The lowest BCUT2D eigenvalue weighted by Crippen LogP contribution is -2.19. The van der Waals surface area contributed by atoms with Crippen LogP contribution in [0.1, 0.15) is 18.1 Å². The quantitative estimate of drug-likeness (QED) is 0.369. The average molecular weight is 382 g/mol. The van der Waals surface area contributed by atoms with Gasteiger partial charge in [-0.15, -0.1) is 11.3 Å². The number of nitrogens with one attached hydrogen (secondary N) is 1. The van der Waals surface area contributed by atoms with Crippen molar-refractivity contribution in [2.24, 2.45) is 5.10 Å². The molecule has 4 nitrogen and oxygen atoms in total. The fourth-order valence-electron chi connectivity index (χ4n) is 2.24. The molecule has 132 valence electrons. The highest BCUT2D eigenvalue weighted by molar-refractivity contribution is 8.01. The van der Waals surface area contributed by atoms with Gasteiger partial charge in [-0.05, 0) is 17.5 Å². The van der Waals surface area contributed by atoms with Crippen molar-refractivity contribution in [3.05, 3.63) is 71.1 Å². The Hall–Kier alpha value is -2.44. The lowest BCUT2D eigenvalue weighted by Gasteiger charge is -1.99. The standard InChI is InChI=1S/C20H19N3OS2/c1-2-15-8-10-16(11-9-15)12-21-23-19(24)14-26-20-22-18(13-25-20)17-6-4-3-5-7-17/h3-13H,2,14H2,1H3,(H,23,24)/b21-12+. The van der Waals surface area contributed by atoms with E-state index in [1.165, 1.54) is 17.3 Å². The molecule has 0 aliphatic rings. The first kappa shape index (κ1) is 18.4. The number of carbonyl (C=O) groups is 1. The third-order valence-corrected chi connectivity index (χ3v) is 5.69. The maximum Gasteiger partial charge on any atom is 0.250 e. The minimum Gasteiger partial charge on any atom is -0.272 e. The molecule has 0 atom stereocenters.